The zero-order valence-corrected chi connectivity index (χ0v) is 26.1. The molecule has 46 heavy (non-hydrogen) atoms. The molecule has 2 fully saturated rings. The lowest BCUT2D eigenvalue weighted by molar-refractivity contribution is -0.198. The van der Waals surface area contributed by atoms with Gasteiger partial charge in [-0.25, -0.2) is 15.0 Å². The second-order valence-corrected chi connectivity index (χ2v) is 13.0. The van der Waals surface area contributed by atoms with E-state index in [4.69, 9.17) is 24.1 Å². The fraction of sp³-hybridized carbons (Fsp3) is 0.303. The molecule has 4 atom stereocenters. The Morgan fingerprint density at radius 3 is 2.00 bits per heavy atom. The maximum Gasteiger partial charge on any atom is 0.337 e. The normalized spacial score (nSPS) is 22.7. The van der Waals surface area contributed by atoms with Crippen LogP contribution in [0, 0.1) is 0 Å². The molecule has 0 aliphatic carbocycles. The third-order valence-corrected chi connectivity index (χ3v) is 9.32. The van der Waals surface area contributed by atoms with Gasteiger partial charge in [-0.1, -0.05) is 91.0 Å². The Morgan fingerprint density at radius 2 is 1.43 bits per heavy atom. The van der Waals surface area contributed by atoms with E-state index in [1.807, 2.05) is 91.0 Å². The van der Waals surface area contributed by atoms with Crippen LogP contribution >= 0.6 is 0 Å². The van der Waals surface area contributed by atoms with Crippen molar-refractivity contribution in [1.82, 2.24) is 24.2 Å². The largest absolute Gasteiger partial charge is 0.347 e. The number of fused-ring (bicyclic) bond motifs is 2. The molecular formula is C33H34N6O6S. The minimum atomic E-state index is -4.42. The van der Waals surface area contributed by atoms with Crippen LogP contribution in [0.25, 0.3) is 11.2 Å². The number of nitrogens with one attached hydrogen (secondary N) is 1. The van der Waals surface area contributed by atoms with E-state index in [1.54, 1.807) is 24.7 Å². The molecular weight excluding hydrogens is 608 g/mol. The van der Waals surface area contributed by atoms with Crippen LogP contribution in [-0.2, 0) is 40.8 Å². The molecule has 0 amide bonds. The van der Waals surface area contributed by atoms with Gasteiger partial charge in [0.05, 0.1) is 18.6 Å². The van der Waals surface area contributed by atoms with Crippen LogP contribution in [-0.4, -0.2) is 58.6 Å². The van der Waals surface area contributed by atoms with Crippen LogP contribution in [0.3, 0.4) is 0 Å². The molecule has 2 aliphatic rings. The summed E-state index contributed by atoms with van der Waals surface area (Å²) in [7, 11) is -4.42. The average Bonchev–Trinajstić information content (AvgIpc) is 3.74. The number of nitrogens with two attached hydrogens (primary N) is 1. The first kappa shape index (κ1) is 30.6. The summed E-state index contributed by atoms with van der Waals surface area (Å²) in [4.78, 5) is 13.1. The molecule has 7 rings (SSSR count). The standard InChI is InChI=1S/C33H34N6O6S/c1-32(2)44-28-26(43-31(29(28)45-32)39-21-37-27-25(18-34)35-20-36-30(27)39)19-42-46(40,41)38-33(22-12-6-3-7-13-22,23-14-8-4-9-15-23)24-16-10-5-11-17-24/h3-17,20-21,26,28-29,31,38H,18-19,34H2,1-2H3/t26-,28-,29-,31-/m1/s1. The van der Waals surface area contributed by atoms with Crippen LogP contribution in [0.2, 0.25) is 0 Å². The highest BCUT2D eigenvalue weighted by Gasteiger charge is 2.56. The monoisotopic (exact) mass is 642 g/mol. The number of nitrogens with zero attached hydrogens (tertiary/aromatic N) is 4. The molecule has 3 N–H and O–H groups in total. The van der Waals surface area contributed by atoms with Gasteiger partial charge in [0.25, 0.3) is 0 Å². The Hall–Kier alpha value is -4.08. The molecule has 2 saturated heterocycles. The topological polar surface area (TPSA) is 153 Å². The van der Waals surface area contributed by atoms with Gasteiger partial charge in [0.1, 0.15) is 35.7 Å². The van der Waals surface area contributed by atoms with Gasteiger partial charge in [-0.3, -0.25) is 8.75 Å². The van der Waals surface area contributed by atoms with Crippen molar-refractivity contribution in [3.05, 3.63) is 126 Å². The number of rotatable bonds is 10. The first-order chi connectivity index (χ1) is 22.2. The number of benzene rings is 3. The molecule has 4 heterocycles. The number of aromatic nitrogens is 4. The number of hydrogen-bond donors (Lipinski definition) is 2. The molecule has 12 nitrogen and oxygen atoms in total. The van der Waals surface area contributed by atoms with E-state index in [-0.39, 0.29) is 13.2 Å². The van der Waals surface area contributed by atoms with Crippen LogP contribution < -0.4 is 10.5 Å². The van der Waals surface area contributed by atoms with Gasteiger partial charge < -0.3 is 19.9 Å². The van der Waals surface area contributed by atoms with Crippen molar-refractivity contribution in [1.29, 1.82) is 0 Å². The fourth-order valence-electron chi connectivity index (χ4n) is 6.37. The highest BCUT2D eigenvalue weighted by Crippen LogP contribution is 2.44. The second kappa shape index (κ2) is 11.9. The van der Waals surface area contributed by atoms with Crippen molar-refractivity contribution >= 4 is 21.5 Å². The van der Waals surface area contributed by atoms with E-state index in [0.717, 1.165) is 16.7 Å². The van der Waals surface area contributed by atoms with Gasteiger partial charge >= 0.3 is 10.3 Å². The van der Waals surface area contributed by atoms with E-state index in [2.05, 4.69) is 19.7 Å². The quantitative estimate of drug-likeness (QED) is 0.216. The molecule has 2 aliphatic heterocycles. The molecule has 238 valence electrons. The molecule has 0 spiro atoms. The summed E-state index contributed by atoms with van der Waals surface area (Å²) in [6.07, 6.45) is 0.252. The van der Waals surface area contributed by atoms with Crippen LogP contribution in [0.4, 0.5) is 0 Å². The second-order valence-electron chi connectivity index (χ2n) is 11.7. The Labute approximate surface area is 266 Å². The molecule has 0 unspecified atom stereocenters. The first-order valence-corrected chi connectivity index (χ1v) is 16.3. The Kier molecular flexibility index (Phi) is 7.93. The van der Waals surface area contributed by atoms with Crippen molar-refractivity contribution < 1.29 is 26.8 Å². The maximum atomic E-state index is 14.0. The van der Waals surface area contributed by atoms with Gasteiger partial charge in [0.15, 0.2) is 17.7 Å². The third-order valence-electron chi connectivity index (χ3n) is 8.31. The first-order valence-electron chi connectivity index (χ1n) is 14.9. The Bertz CT molecular complexity index is 1830. The minimum Gasteiger partial charge on any atom is -0.347 e. The van der Waals surface area contributed by atoms with E-state index >= 15 is 0 Å². The highest BCUT2D eigenvalue weighted by molar-refractivity contribution is 7.84. The Morgan fingerprint density at radius 1 is 0.870 bits per heavy atom. The van der Waals surface area contributed by atoms with E-state index in [9.17, 15) is 8.42 Å². The predicted molar refractivity (Wildman–Crippen MR) is 168 cm³/mol. The smallest absolute Gasteiger partial charge is 0.337 e. The van der Waals surface area contributed by atoms with Crippen molar-refractivity contribution in [2.75, 3.05) is 6.61 Å². The zero-order valence-electron chi connectivity index (χ0n) is 25.3. The summed E-state index contributed by atoms with van der Waals surface area (Å²) in [5.41, 5.74) is 8.38. The van der Waals surface area contributed by atoms with Gasteiger partial charge in [-0.05, 0) is 30.5 Å². The van der Waals surface area contributed by atoms with E-state index in [0.29, 0.717) is 16.9 Å². The average molecular weight is 643 g/mol. The van der Waals surface area contributed by atoms with Gasteiger partial charge in [-0.15, -0.1) is 0 Å². The van der Waals surface area contributed by atoms with Gasteiger partial charge in [-0.2, -0.15) is 13.1 Å². The third kappa shape index (κ3) is 5.49. The lowest BCUT2D eigenvalue weighted by Crippen LogP contribution is -2.49. The number of imidazole rings is 1. The summed E-state index contributed by atoms with van der Waals surface area (Å²) in [5.74, 6) is -0.941. The van der Waals surface area contributed by atoms with E-state index in [1.165, 1.54) is 6.33 Å². The minimum absolute atomic E-state index is 0.192. The van der Waals surface area contributed by atoms with Crippen molar-refractivity contribution in [2.45, 2.75) is 56.3 Å². The zero-order chi connectivity index (χ0) is 31.9. The summed E-state index contributed by atoms with van der Waals surface area (Å²) in [6.45, 7) is 3.45. The molecule has 5 aromatic rings. The van der Waals surface area contributed by atoms with Gasteiger partial charge in [0.2, 0.25) is 0 Å². The number of hydrogen-bond acceptors (Lipinski definition) is 10. The SMILES string of the molecule is CC1(C)O[C@@H]2[C@H](O1)[C@@H](COS(=O)(=O)NC(c1ccccc1)(c1ccccc1)c1ccccc1)O[C@H]2n1cnc2c(CN)ncnc21. The number of ether oxygens (including phenoxy) is 3. The lowest BCUT2D eigenvalue weighted by Gasteiger charge is -2.36. The molecule has 0 radical (unpaired) electrons. The summed E-state index contributed by atoms with van der Waals surface area (Å²) >= 11 is 0. The fourth-order valence-corrected chi connectivity index (χ4v) is 7.47. The summed E-state index contributed by atoms with van der Waals surface area (Å²) < 4.78 is 57.2. The van der Waals surface area contributed by atoms with Gasteiger partial charge in [0, 0.05) is 6.54 Å². The predicted octanol–water partition coefficient (Wildman–Crippen LogP) is 3.55. The summed E-state index contributed by atoms with van der Waals surface area (Å²) in [5, 5.41) is 0. The highest BCUT2D eigenvalue weighted by atomic mass is 32.2. The molecule has 13 heteroatoms. The van der Waals surface area contributed by atoms with Crippen LogP contribution in [0.1, 0.15) is 42.5 Å². The van der Waals surface area contributed by atoms with Crippen molar-refractivity contribution in [3.63, 3.8) is 0 Å². The molecule has 0 bridgehead atoms. The maximum absolute atomic E-state index is 14.0. The van der Waals surface area contributed by atoms with Crippen LogP contribution in [0.5, 0.6) is 0 Å². The van der Waals surface area contributed by atoms with E-state index < -0.39 is 46.2 Å². The summed E-state index contributed by atoms with van der Waals surface area (Å²) in [6, 6.07) is 28.2. The van der Waals surface area contributed by atoms with Crippen LogP contribution in [0.15, 0.2) is 104 Å². The Balaban J connectivity index is 1.20. The molecule has 3 aromatic carbocycles. The molecule has 0 saturated carbocycles. The molecule has 2 aromatic heterocycles. The van der Waals surface area contributed by atoms with Crippen molar-refractivity contribution in [3.8, 4) is 0 Å². The van der Waals surface area contributed by atoms with Crippen molar-refractivity contribution in [2.24, 2.45) is 5.73 Å². The lowest BCUT2D eigenvalue weighted by atomic mass is 9.78.